The molecular formula is C29H29ClN4O4S. The van der Waals surface area contributed by atoms with Crippen molar-refractivity contribution in [1.82, 2.24) is 14.8 Å². The first-order valence-corrected chi connectivity index (χ1v) is 13.7. The number of halogens is 1. The third kappa shape index (κ3) is 6.99. The third-order valence-corrected chi connectivity index (χ3v) is 7.06. The average molecular weight is 565 g/mol. The summed E-state index contributed by atoms with van der Waals surface area (Å²) >= 11 is 7.47. The van der Waals surface area contributed by atoms with Gasteiger partial charge in [0.05, 0.1) is 28.1 Å². The van der Waals surface area contributed by atoms with Gasteiger partial charge in [-0.05, 0) is 61.4 Å². The Labute approximate surface area is 236 Å². The topological polar surface area (TPSA) is 95.3 Å². The van der Waals surface area contributed by atoms with Gasteiger partial charge in [0, 0.05) is 6.54 Å². The molecule has 0 saturated heterocycles. The smallest absolute Gasteiger partial charge is 0.338 e. The minimum absolute atomic E-state index is 0.0525. The van der Waals surface area contributed by atoms with E-state index < -0.39 is 5.97 Å². The van der Waals surface area contributed by atoms with Gasteiger partial charge in [0.25, 0.3) is 0 Å². The third-order valence-electron chi connectivity index (χ3n) is 5.76. The Morgan fingerprint density at radius 1 is 1.15 bits per heavy atom. The highest BCUT2D eigenvalue weighted by Crippen LogP contribution is 2.28. The van der Waals surface area contributed by atoms with E-state index in [0.29, 0.717) is 33.8 Å². The molecule has 3 aromatic carbocycles. The highest BCUT2D eigenvalue weighted by atomic mass is 35.5. The maximum atomic E-state index is 12.7. The van der Waals surface area contributed by atoms with Gasteiger partial charge < -0.3 is 14.8 Å². The summed E-state index contributed by atoms with van der Waals surface area (Å²) < 4.78 is 13.2. The van der Waals surface area contributed by atoms with Gasteiger partial charge in [-0.25, -0.2) is 4.79 Å². The largest absolute Gasteiger partial charge is 0.485 e. The number of hydrogen-bond donors (Lipinski definition) is 1. The molecule has 39 heavy (non-hydrogen) atoms. The lowest BCUT2D eigenvalue weighted by Gasteiger charge is -2.13. The molecule has 4 aromatic rings. The number of amides is 1. The van der Waals surface area contributed by atoms with Crippen LogP contribution in [0.1, 0.15) is 35.6 Å². The summed E-state index contributed by atoms with van der Waals surface area (Å²) in [6.07, 6.45) is 1.47. The molecule has 0 bridgehead atoms. The molecular weight excluding hydrogens is 536 g/mol. The second-order valence-corrected chi connectivity index (χ2v) is 10.3. The number of rotatable bonds is 11. The van der Waals surface area contributed by atoms with Crippen molar-refractivity contribution in [2.24, 2.45) is 0 Å². The number of ether oxygens (including phenoxy) is 2. The zero-order valence-electron chi connectivity index (χ0n) is 21.9. The summed E-state index contributed by atoms with van der Waals surface area (Å²) in [7, 11) is 0. The van der Waals surface area contributed by atoms with Crippen LogP contribution in [0.2, 0.25) is 5.02 Å². The van der Waals surface area contributed by atoms with E-state index in [-0.39, 0.29) is 24.4 Å². The number of carbonyl (C=O) groups excluding carboxylic acids is 2. The molecule has 0 radical (unpaired) electrons. The number of thioether (sulfide) groups is 1. The van der Waals surface area contributed by atoms with Gasteiger partial charge in [-0.15, -0.1) is 16.8 Å². The van der Waals surface area contributed by atoms with E-state index in [4.69, 9.17) is 21.1 Å². The van der Waals surface area contributed by atoms with Gasteiger partial charge in [0.15, 0.2) is 11.0 Å². The number of nitrogens with zero attached hydrogens (tertiary/aromatic N) is 3. The minimum atomic E-state index is -0.488. The van der Waals surface area contributed by atoms with Gasteiger partial charge in [0.1, 0.15) is 12.4 Å². The van der Waals surface area contributed by atoms with Crippen LogP contribution >= 0.6 is 23.4 Å². The van der Waals surface area contributed by atoms with E-state index in [1.54, 1.807) is 32.1 Å². The average Bonchev–Trinajstić information content (AvgIpc) is 3.29. The van der Waals surface area contributed by atoms with Crippen LogP contribution in [0, 0.1) is 6.92 Å². The van der Waals surface area contributed by atoms with Crippen molar-refractivity contribution in [2.75, 3.05) is 11.1 Å². The molecule has 1 heterocycles. The maximum absolute atomic E-state index is 12.7. The normalized spacial score (nSPS) is 11.0. The van der Waals surface area contributed by atoms with Crippen LogP contribution in [0.4, 0.5) is 5.69 Å². The molecule has 0 aliphatic rings. The van der Waals surface area contributed by atoms with Crippen molar-refractivity contribution in [3.05, 3.63) is 89.2 Å². The summed E-state index contributed by atoms with van der Waals surface area (Å²) in [4.78, 5) is 24.9. The summed E-state index contributed by atoms with van der Waals surface area (Å²) in [5, 5.41) is 14.5. The molecule has 1 amide bonds. The Balaban J connectivity index is 1.41. The molecule has 0 fully saturated rings. The second-order valence-electron chi connectivity index (χ2n) is 8.98. The summed E-state index contributed by atoms with van der Waals surface area (Å²) in [6, 6.07) is 16.7. The first-order valence-electron chi connectivity index (χ1n) is 12.3. The molecule has 0 aliphatic heterocycles. The lowest BCUT2D eigenvalue weighted by Crippen LogP contribution is -2.16. The molecule has 4 rings (SSSR count). The van der Waals surface area contributed by atoms with Crippen LogP contribution < -0.4 is 10.1 Å². The van der Waals surface area contributed by atoms with Crippen LogP contribution in [-0.4, -0.2) is 38.5 Å². The molecule has 1 aromatic heterocycles. The van der Waals surface area contributed by atoms with E-state index in [1.807, 2.05) is 35.8 Å². The number of anilines is 1. The molecule has 1 N–H and O–H groups in total. The van der Waals surface area contributed by atoms with Crippen molar-refractivity contribution in [3.8, 4) is 5.75 Å². The van der Waals surface area contributed by atoms with E-state index in [1.165, 1.54) is 17.8 Å². The zero-order chi connectivity index (χ0) is 27.9. The Kier molecular flexibility index (Phi) is 9.27. The molecule has 8 nitrogen and oxygen atoms in total. The fourth-order valence-electron chi connectivity index (χ4n) is 3.90. The van der Waals surface area contributed by atoms with Crippen LogP contribution in [0.5, 0.6) is 5.75 Å². The number of hydrogen-bond acceptors (Lipinski definition) is 7. The molecule has 10 heteroatoms. The minimum Gasteiger partial charge on any atom is -0.485 e. The van der Waals surface area contributed by atoms with Crippen molar-refractivity contribution in [3.63, 3.8) is 0 Å². The van der Waals surface area contributed by atoms with E-state index >= 15 is 0 Å². The molecule has 0 spiro atoms. The van der Waals surface area contributed by atoms with Crippen molar-refractivity contribution < 1.29 is 19.1 Å². The molecule has 202 valence electrons. The van der Waals surface area contributed by atoms with Crippen LogP contribution in [0.25, 0.3) is 10.8 Å². The van der Waals surface area contributed by atoms with Crippen molar-refractivity contribution >= 4 is 51.7 Å². The molecule has 0 aliphatic carbocycles. The standard InChI is InChI=1S/C29H29ClN4O4S/c1-5-14-34-26(16-37-25-13-11-20-8-6-7-9-22(20)19(25)4)32-33-29(34)39-17-27(35)31-24-15-21(10-12-23(24)30)28(36)38-18(2)3/h5-13,15,18H,1,14,16-17H2,2-4H3,(H,31,35). The summed E-state index contributed by atoms with van der Waals surface area (Å²) in [5.41, 5.74) is 1.68. The Hall–Kier alpha value is -3.82. The lowest BCUT2D eigenvalue weighted by molar-refractivity contribution is -0.113. The lowest BCUT2D eigenvalue weighted by atomic mass is 10.0. The first kappa shape index (κ1) is 28.2. The number of esters is 1. The SMILES string of the molecule is C=CCn1c(COc2ccc3ccccc3c2C)nnc1SCC(=O)Nc1cc(C(=O)OC(C)C)ccc1Cl. The van der Waals surface area contributed by atoms with Crippen LogP contribution in [0.3, 0.4) is 0 Å². The number of benzene rings is 3. The maximum Gasteiger partial charge on any atom is 0.338 e. The van der Waals surface area contributed by atoms with Gasteiger partial charge >= 0.3 is 5.97 Å². The van der Waals surface area contributed by atoms with Crippen LogP contribution in [0.15, 0.2) is 72.4 Å². The number of aromatic nitrogens is 3. The summed E-state index contributed by atoms with van der Waals surface area (Å²) in [6.45, 7) is 10.1. The molecule has 0 unspecified atom stereocenters. The highest BCUT2D eigenvalue weighted by molar-refractivity contribution is 7.99. The number of aryl methyl sites for hydroxylation is 1. The van der Waals surface area contributed by atoms with E-state index in [2.05, 4.69) is 34.2 Å². The summed E-state index contributed by atoms with van der Waals surface area (Å²) in [5.74, 6) is 0.639. The quantitative estimate of drug-likeness (QED) is 0.127. The van der Waals surface area contributed by atoms with E-state index in [9.17, 15) is 9.59 Å². The predicted molar refractivity (Wildman–Crippen MR) is 155 cm³/mol. The van der Waals surface area contributed by atoms with Crippen molar-refractivity contribution in [2.45, 2.75) is 45.2 Å². The monoisotopic (exact) mass is 564 g/mol. The first-order chi connectivity index (χ1) is 18.8. The Morgan fingerprint density at radius 3 is 2.72 bits per heavy atom. The zero-order valence-corrected chi connectivity index (χ0v) is 23.5. The van der Waals surface area contributed by atoms with E-state index in [0.717, 1.165) is 22.1 Å². The van der Waals surface area contributed by atoms with Crippen LogP contribution in [-0.2, 0) is 22.7 Å². The van der Waals surface area contributed by atoms with Crippen molar-refractivity contribution in [1.29, 1.82) is 0 Å². The second kappa shape index (κ2) is 12.8. The van der Waals surface area contributed by atoms with Gasteiger partial charge in [-0.2, -0.15) is 0 Å². The number of fused-ring (bicyclic) bond motifs is 1. The number of nitrogens with one attached hydrogen (secondary N) is 1. The Bertz CT molecular complexity index is 1520. The number of carbonyl (C=O) groups is 2. The fourth-order valence-corrected chi connectivity index (χ4v) is 4.83. The molecule has 0 saturated carbocycles. The fraction of sp³-hybridized carbons (Fsp3) is 0.241. The molecule has 0 atom stereocenters. The van der Waals surface area contributed by atoms with Gasteiger partial charge in [0.2, 0.25) is 5.91 Å². The van der Waals surface area contributed by atoms with Gasteiger partial charge in [-0.3, -0.25) is 9.36 Å². The van der Waals surface area contributed by atoms with Gasteiger partial charge in [-0.1, -0.05) is 59.8 Å². The highest BCUT2D eigenvalue weighted by Gasteiger charge is 2.17. The Morgan fingerprint density at radius 2 is 1.95 bits per heavy atom. The number of allylic oxidation sites excluding steroid dienone is 1. The predicted octanol–water partition coefficient (Wildman–Crippen LogP) is 6.45.